The molecule has 214 valence electrons. The van der Waals surface area contributed by atoms with E-state index in [1.165, 1.54) is 4.90 Å². The van der Waals surface area contributed by atoms with Crippen molar-refractivity contribution in [2.24, 2.45) is 0 Å². The van der Waals surface area contributed by atoms with Crippen LogP contribution in [0.2, 0.25) is 0 Å². The molecule has 0 aromatic heterocycles. The number of ether oxygens (including phenoxy) is 1. The van der Waals surface area contributed by atoms with Crippen LogP contribution in [0, 0.1) is 20.8 Å². The number of sulfonamides is 1. The summed E-state index contributed by atoms with van der Waals surface area (Å²) in [4.78, 5) is 28.6. The van der Waals surface area contributed by atoms with Gasteiger partial charge in [-0.2, -0.15) is 0 Å². The monoisotopic (exact) mass is 565 g/mol. The van der Waals surface area contributed by atoms with Crippen LogP contribution >= 0.6 is 0 Å². The van der Waals surface area contributed by atoms with E-state index in [2.05, 4.69) is 5.32 Å². The Kier molecular flexibility index (Phi) is 9.98. The molecule has 0 heterocycles. The van der Waals surface area contributed by atoms with Gasteiger partial charge in [-0.25, -0.2) is 8.42 Å². The number of nitrogens with zero attached hydrogens (tertiary/aromatic N) is 2. The Labute approximate surface area is 238 Å². The van der Waals surface area contributed by atoms with Crippen molar-refractivity contribution in [1.82, 2.24) is 10.2 Å². The number of benzene rings is 3. The van der Waals surface area contributed by atoms with E-state index in [0.29, 0.717) is 17.0 Å². The van der Waals surface area contributed by atoms with Crippen molar-refractivity contribution in [1.29, 1.82) is 0 Å². The predicted octanol–water partition coefficient (Wildman–Crippen LogP) is 4.76. The number of amides is 2. The van der Waals surface area contributed by atoms with Crippen LogP contribution in [-0.2, 0) is 26.2 Å². The number of hydrogen-bond donors (Lipinski definition) is 1. The van der Waals surface area contributed by atoms with Crippen molar-refractivity contribution < 1.29 is 22.7 Å². The number of rotatable bonds is 11. The molecule has 0 aliphatic carbocycles. The Morgan fingerprint density at radius 2 is 1.48 bits per heavy atom. The number of carbonyl (C=O) groups is 2. The van der Waals surface area contributed by atoms with Crippen LogP contribution in [0.5, 0.6) is 5.75 Å². The molecular formula is C31H39N3O5S. The van der Waals surface area contributed by atoms with Gasteiger partial charge in [-0.05, 0) is 88.6 Å². The van der Waals surface area contributed by atoms with Gasteiger partial charge in [0, 0.05) is 12.6 Å². The fraction of sp³-hybridized carbons (Fsp3) is 0.355. The van der Waals surface area contributed by atoms with Gasteiger partial charge in [-0.15, -0.1) is 0 Å². The van der Waals surface area contributed by atoms with Crippen LogP contribution in [-0.4, -0.2) is 50.9 Å². The average Bonchev–Trinajstić information content (AvgIpc) is 2.91. The molecule has 0 radical (unpaired) electrons. The Hall–Kier alpha value is -3.85. The summed E-state index contributed by atoms with van der Waals surface area (Å²) < 4.78 is 34.4. The molecule has 3 aromatic carbocycles. The molecule has 0 unspecified atom stereocenters. The van der Waals surface area contributed by atoms with E-state index >= 15 is 0 Å². The molecule has 8 nitrogen and oxygen atoms in total. The van der Waals surface area contributed by atoms with E-state index < -0.39 is 28.5 Å². The van der Waals surface area contributed by atoms with Crippen LogP contribution in [0.15, 0.2) is 71.6 Å². The summed E-state index contributed by atoms with van der Waals surface area (Å²) in [5.74, 6) is -0.159. The van der Waals surface area contributed by atoms with Crippen molar-refractivity contribution in [2.75, 3.05) is 18.0 Å². The summed E-state index contributed by atoms with van der Waals surface area (Å²) >= 11 is 0. The number of methoxy groups -OCH3 is 1. The average molecular weight is 566 g/mol. The van der Waals surface area contributed by atoms with Crippen LogP contribution in [0.3, 0.4) is 0 Å². The van der Waals surface area contributed by atoms with E-state index in [1.807, 2.05) is 58.9 Å². The normalized spacial score (nSPS) is 12.1. The molecule has 2 amide bonds. The molecule has 1 atom stereocenters. The van der Waals surface area contributed by atoms with Crippen LogP contribution < -0.4 is 14.4 Å². The molecule has 0 saturated carbocycles. The highest BCUT2D eigenvalue weighted by atomic mass is 32.2. The molecule has 3 aromatic rings. The zero-order chi connectivity index (χ0) is 29.6. The largest absolute Gasteiger partial charge is 0.497 e. The Bertz CT molecular complexity index is 1430. The second-order valence-electron chi connectivity index (χ2n) is 10.3. The number of hydrogen-bond acceptors (Lipinski definition) is 5. The lowest BCUT2D eigenvalue weighted by Crippen LogP contribution is -2.52. The molecule has 0 aliphatic heterocycles. The lowest BCUT2D eigenvalue weighted by molar-refractivity contribution is -0.139. The van der Waals surface area contributed by atoms with E-state index in [0.717, 1.165) is 21.0 Å². The van der Waals surface area contributed by atoms with Gasteiger partial charge in [0.25, 0.3) is 10.0 Å². The van der Waals surface area contributed by atoms with Gasteiger partial charge in [-0.3, -0.25) is 13.9 Å². The van der Waals surface area contributed by atoms with Crippen molar-refractivity contribution in [3.05, 3.63) is 89.0 Å². The third-order valence-corrected chi connectivity index (χ3v) is 8.41. The van der Waals surface area contributed by atoms with Gasteiger partial charge in [0.15, 0.2) is 0 Å². The molecule has 40 heavy (non-hydrogen) atoms. The highest BCUT2D eigenvalue weighted by Gasteiger charge is 2.33. The first-order chi connectivity index (χ1) is 18.8. The topological polar surface area (TPSA) is 96.0 Å². The molecule has 0 bridgehead atoms. The SMILES string of the molecule is COc1ccc(CN(C(=O)CN(c2cc(C)ccc2C)S(=O)(=O)c2ccc(C)cc2)[C@H](C)C(=O)NC(C)C)cc1. The molecule has 0 saturated heterocycles. The van der Waals surface area contributed by atoms with Crippen LogP contribution in [0.25, 0.3) is 0 Å². The maximum absolute atomic E-state index is 14.0. The minimum atomic E-state index is -4.12. The summed E-state index contributed by atoms with van der Waals surface area (Å²) in [5, 5.41) is 2.86. The zero-order valence-corrected chi connectivity index (χ0v) is 25.1. The molecule has 0 fully saturated rings. The van der Waals surface area contributed by atoms with Crippen molar-refractivity contribution in [3.63, 3.8) is 0 Å². The summed E-state index contributed by atoms with van der Waals surface area (Å²) in [7, 11) is -2.55. The quantitative estimate of drug-likeness (QED) is 0.362. The Balaban J connectivity index is 2.06. The first kappa shape index (κ1) is 30.7. The maximum Gasteiger partial charge on any atom is 0.264 e. The van der Waals surface area contributed by atoms with Crippen molar-refractivity contribution in [2.45, 2.75) is 65.1 Å². The van der Waals surface area contributed by atoms with E-state index in [-0.39, 0.29) is 23.4 Å². The fourth-order valence-electron chi connectivity index (χ4n) is 4.25. The van der Waals surface area contributed by atoms with Gasteiger partial charge >= 0.3 is 0 Å². The van der Waals surface area contributed by atoms with Gasteiger partial charge in [-0.1, -0.05) is 42.0 Å². The van der Waals surface area contributed by atoms with Crippen molar-refractivity contribution >= 4 is 27.5 Å². The molecule has 0 aliphatic rings. The zero-order valence-electron chi connectivity index (χ0n) is 24.3. The van der Waals surface area contributed by atoms with E-state index in [9.17, 15) is 18.0 Å². The number of aryl methyl sites for hydroxylation is 3. The summed E-state index contributed by atoms with van der Waals surface area (Å²) in [6, 6.07) is 18.2. The van der Waals surface area contributed by atoms with E-state index in [1.54, 1.807) is 56.5 Å². The molecule has 3 rings (SSSR count). The standard InChI is InChI=1S/C31H39N3O5S/c1-21(2)32-31(36)25(6)33(19-26-12-14-27(39-7)15-13-26)30(35)20-34(29-18-23(4)8-11-24(29)5)40(37,38)28-16-9-22(3)10-17-28/h8-18,21,25H,19-20H2,1-7H3,(H,32,36)/t25-/m1/s1. The third kappa shape index (κ3) is 7.41. The number of nitrogens with one attached hydrogen (secondary N) is 1. The van der Waals surface area contributed by atoms with Gasteiger partial charge in [0.1, 0.15) is 18.3 Å². The second-order valence-corrected chi connectivity index (χ2v) is 12.2. The highest BCUT2D eigenvalue weighted by molar-refractivity contribution is 7.92. The number of carbonyl (C=O) groups excluding carboxylic acids is 2. The van der Waals surface area contributed by atoms with E-state index in [4.69, 9.17) is 4.74 Å². The number of anilines is 1. The third-order valence-electron chi connectivity index (χ3n) is 6.63. The molecule has 9 heteroatoms. The summed E-state index contributed by atoms with van der Waals surface area (Å²) in [6.45, 7) is 10.5. The van der Waals surface area contributed by atoms with Crippen LogP contribution in [0.4, 0.5) is 5.69 Å². The Morgan fingerprint density at radius 3 is 2.05 bits per heavy atom. The maximum atomic E-state index is 14.0. The minimum Gasteiger partial charge on any atom is -0.497 e. The van der Waals surface area contributed by atoms with Crippen molar-refractivity contribution in [3.8, 4) is 5.75 Å². The summed E-state index contributed by atoms with van der Waals surface area (Å²) in [6.07, 6.45) is 0. The molecule has 1 N–H and O–H groups in total. The lowest BCUT2D eigenvalue weighted by Gasteiger charge is -2.33. The smallest absolute Gasteiger partial charge is 0.264 e. The Morgan fingerprint density at radius 1 is 0.875 bits per heavy atom. The lowest BCUT2D eigenvalue weighted by atomic mass is 10.1. The van der Waals surface area contributed by atoms with Crippen LogP contribution in [0.1, 0.15) is 43.0 Å². The molecular weight excluding hydrogens is 526 g/mol. The predicted molar refractivity (Wildman–Crippen MR) is 158 cm³/mol. The highest BCUT2D eigenvalue weighted by Crippen LogP contribution is 2.29. The first-order valence-corrected chi connectivity index (χ1v) is 14.7. The van der Waals surface area contributed by atoms with Gasteiger partial charge < -0.3 is 15.0 Å². The van der Waals surface area contributed by atoms with Gasteiger partial charge in [0.05, 0.1) is 17.7 Å². The first-order valence-electron chi connectivity index (χ1n) is 13.2. The molecule has 0 spiro atoms. The minimum absolute atomic E-state index is 0.0825. The fourth-order valence-corrected chi connectivity index (χ4v) is 5.72. The second kappa shape index (κ2) is 13.0. The summed E-state index contributed by atoms with van der Waals surface area (Å²) in [5.41, 5.74) is 3.68. The van der Waals surface area contributed by atoms with Gasteiger partial charge in [0.2, 0.25) is 11.8 Å².